The van der Waals surface area contributed by atoms with Crippen LogP contribution in [0.3, 0.4) is 0 Å². The molecule has 1 fully saturated rings. The zero-order chi connectivity index (χ0) is 13.0. The summed E-state index contributed by atoms with van der Waals surface area (Å²) in [6.45, 7) is 7.83. The first-order chi connectivity index (χ1) is 8.72. The van der Waals surface area contributed by atoms with Gasteiger partial charge in [-0.25, -0.2) is 0 Å². The van der Waals surface area contributed by atoms with Crippen LogP contribution in [0.15, 0.2) is 6.07 Å². The Bertz CT molecular complexity index is 361. The maximum Gasteiger partial charge on any atom is 0.0359 e. The molecule has 1 unspecified atom stereocenters. The molecule has 1 N–H and O–H groups in total. The van der Waals surface area contributed by atoms with Gasteiger partial charge >= 0.3 is 0 Å². The smallest absolute Gasteiger partial charge is 0.0359 e. The second-order valence-electron chi connectivity index (χ2n) is 5.66. The van der Waals surface area contributed by atoms with Gasteiger partial charge in [-0.1, -0.05) is 32.6 Å². The van der Waals surface area contributed by atoms with E-state index in [2.05, 4.69) is 32.2 Å². The maximum absolute atomic E-state index is 3.76. The summed E-state index contributed by atoms with van der Waals surface area (Å²) in [5.74, 6) is 0.847. The van der Waals surface area contributed by atoms with Crippen molar-refractivity contribution in [1.82, 2.24) is 5.32 Å². The Morgan fingerprint density at radius 3 is 2.39 bits per heavy atom. The molecule has 1 nitrogen and oxygen atoms in total. The Morgan fingerprint density at radius 1 is 1.22 bits per heavy atom. The third-order valence-electron chi connectivity index (χ3n) is 4.21. The molecule has 2 heteroatoms. The van der Waals surface area contributed by atoms with E-state index in [0.29, 0.717) is 6.04 Å². The van der Waals surface area contributed by atoms with Gasteiger partial charge in [0.15, 0.2) is 0 Å². The zero-order valence-corrected chi connectivity index (χ0v) is 12.9. The first kappa shape index (κ1) is 14.1. The molecular formula is C16H27NS. The fourth-order valence-corrected chi connectivity index (χ4v) is 4.33. The summed E-state index contributed by atoms with van der Waals surface area (Å²) < 4.78 is 0. The van der Waals surface area contributed by atoms with Crippen LogP contribution >= 0.6 is 11.3 Å². The standard InChI is InChI=1S/C16H27NS/c1-4-17-16(14-9-7-5-6-8-10-14)15-11-12(2)18-13(15)3/h11,14,16-17H,4-10H2,1-3H3. The highest BCUT2D eigenvalue weighted by Crippen LogP contribution is 2.37. The van der Waals surface area contributed by atoms with Crippen molar-refractivity contribution in [3.63, 3.8) is 0 Å². The highest BCUT2D eigenvalue weighted by atomic mass is 32.1. The third-order valence-corrected chi connectivity index (χ3v) is 5.19. The van der Waals surface area contributed by atoms with E-state index in [1.54, 1.807) is 5.56 Å². The van der Waals surface area contributed by atoms with Gasteiger partial charge in [0, 0.05) is 15.8 Å². The molecule has 102 valence electrons. The molecule has 0 aromatic carbocycles. The summed E-state index contributed by atoms with van der Waals surface area (Å²) in [5, 5.41) is 3.76. The summed E-state index contributed by atoms with van der Waals surface area (Å²) in [7, 11) is 0. The first-order valence-corrected chi connectivity index (χ1v) is 8.34. The van der Waals surface area contributed by atoms with Crippen LogP contribution in [0.4, 0.5) is 0 Å². The molecule has 1 aromatic heterocycles. The van der Waals surface area contributed by atoms with Gasteiger partial charge in [0.1, 0.15) is 0 Å². The maximum atomic E-state index is 3.76. The lowest BCUT2D eigenvalue weighted by molar-refractivity contribution is 0.330. The minimum absolute atomic E-state index is 0.595. The summed E-state index contributed by atoms with van der Waals surface area (Å²) >= 11 is 1.95. The molecular weight excluding hydrogens is 238 g/mol. The molecule has 0 spiro atoms. The van der Waals surface area contributed by atoms with Crippen LogP contribution in [0.1, 0.15) is 66.8 Å². The number of aryl methyl sites for hydroxylation is 2. The number of hydrogen-bond donors (Lipinski definition) is 1. The monoisotopic (exact) mass is 265 g/mol. The van der Waals surface area contributed by atoms with Gasteiger partial charge in [-0.15, -0.1) is 11.3 Å². The molecule has 0 radical (unpaired) electrons. The number of thiophene rings is 1. The van der Waals surface area contributed by atoms with Crippen LogP contribution in [0.2, 0.25) is 0 Å². The van der Waals surface area contributed by atoms with Crippen LogP contribution in [0, 0.1) is 19.8 Å². The topological polar surface area (TPSA) is 12.0 Å². The fraction of sp³-hybridized carbons (Fsp3) is 0.750. The van der Waals surface area contributed by atoms with E-state index >= 15 is 0 Å². The molecule has 0 aliphatic heterocycles. The highest BCUT2D eigenvalue weighted by molar-refractivity contribution is 7.12. The molecule has 1 saturated carbocycles. The Morgan fingerprint density at radius 2 is 1.89 bits per heavy atom. The van der Waals surface area contributed by atoms with Gasteiger partial charge in [0.2, 0.25) is 0 Å². The minimum atomic E-state index is 0.595. The number of rotatable bonds is 4. The molecule has 1 atom stereocenters. The molecule has 1 aliphatic carbocycles. The molecule has 0 saturated heterocycles. The zero-order valence-electron chi connectivity index (χ0n) is 12.1. The first-order valence-electron chi connectivity index (χ1n) is 7.52. The van der Waals surface area contributed by atoms with Gasteiger partial charge in [-0.2, -0.15) is 0 Å². The van der Waals surface area contributed by atoms with E-state index < -0.39 is 0 Å². The van der Waals surface area contributed by atoms with Crippen molar-refractivity contribution >= 4 is 11.3 Å². The molecule has 1 aliphatic rings. The number of nitrogens with one attached hydrogen (secondary N) is 1. The average molecular weight is 265 g/mol. The molecule has 18 heavy (non-hydrogen) atoms. The lowest BCUT2D eigenvalue weighted by Gasteiger charge is -2.27. The molecule has 1 aromatic rings. The van der Waals surface area contributed by atoms with Crippen molar-refractivity contribution in [2.75, 3.05) is 6.54 Å². The van der Waals surface area contributed by atoms with Gasteiger partial charge in [0.25, 0.3) is 0 Å². The van der Waals surface area contributed by atoms with Crippen molar-refractivity contribution in [3.8, 4) is 0 Å². The van der Waals surface area contributed by atoms with E-state index in [1.165, 1.54) is 48.3 Å². The van der Waals surface area contributed by atoms with Crippen LogP contribution in [0.5, 0.6) is 0 Å². The van der Waals surface area contributed by atoms with Crippen molar-refractivity contribution in [3.05, 3.63) is 21.4 Å². The number of hydrogen-bond acceptors (Lipinski definition) is 2. The lowest BCUT2D eigenvalue weighted by Crippen LogP contribution is -2.28. The van der Waals surface area contributed by atoms with Crippen LogP contribution < -0.4 is 5.32 Å². The molecule has 1 heterocycles. The molecule has 0 bridgehead atoms. The predicted molar refractivity (Wildman–Crippen MR) is 81.4 cm³/mol. The highest BCUT2D eigenvalue weighted by Gasteiger charge is 2.25. The summed E-state index contributed by atoms with van der Waals surface area (Å²) in [4.78, 5) is 2.97. The average Bonchev–Trinajstić information content (AvgIpc) is 2.58. The SMILES string of the molecule is CCNC(c1cc(C)sc1C)C1CCCCCC1. The second-order valence-corrected chi connectivity index (χ2v) is 7.12. The quantitative estimate of drug-likeness (QED) is 0.757. The largest absolute Gasteiger partial charge is 0.310 e. The van der Waals surface area contributed by atoms with Gasteiger partial charge < -0.3 is 5.32 Å². The van der Waals surface area contributed by atoms with Crippen LogP contribution in [-0.2, 0) is 0 Å². The van der Waals surface area contributed by atoms with E-state index in [-0.39, 0.29) is 0 Å². The van der Waals surface area contributed by atoms with Gasteiger partial charge in [-0.3, -0.25) is 0 Å². The minimum Gasteiger partial charge on any atom is -0.310 e. The van der Waals surface area contributed by atoms with E-state index in [9.17, 15) is 0 Å². The predicted octanol–water partition coefficient (Wildman–Crippen LogP) is 4.99. The van der Waals surface area contributed by atoms with Crippen LogP contribution in [-0.4, -0.2) is 6.54 Å². The van der Waals surface area contributed by atoms with E-state index in [1.807, 2.05) is 11.3 Å². The second kappa shape index (κ2) is 6.72. The molecule has 0 amide bonds. The Balaban J connectivity index is 2.18. The lowest BCUT2D eigenvalue weighted by atomic mass is 9.87. The summed E-state index contributed by atoms with van der Waals surface area (Å²) in [6, 6.07) is 3.01. The van der Waals surface area contributed by atoms with E-state index in [4.69, 9.17) is 0 Å². The van der Waals surface area contributed by atoms with Crippen molar-refractivity contribution in [1.29, 1.82) is 0 Å². The molecule has 2 rings (SSSR count). The normalized spacial score (nSPS) is 19.7. The van der Waals surface area contributed by atoms with Gasteiger partial charge in [-0.05, 0) is 50.8 Å². The van der Waals surface area contributed by atoms with Crippen molar-refractivity contribution in [2.45, 2.75) is 65.3 Å². The Labute approximate surface area is 116 Å². The summed E-state index contributed by atoms with van der Waals surface area (Å²) in [5.41, 5.74) is 1.58. The van der Waals surface area contributed by atoms with Crippen molar-refractivity contribution in [2.24, 2.45) is 5.92 Å². The van der Waals surface area contributed by atoms with Crippen molar-refractivity contribution < 1.29 is 0 Å². The Hall–Kier alpha value is -0.340. The fourth-order valence-electron chi connectivity index (χ4n) is 3.35. The van der Waals surface area contributed by atoms with Gasteiger partial charge in [0.05, 0.1) is 0 Å². The van der Waals surface area contributed by atoms with E-state index in [0.717, 1.165) is 12.5 Å². The third kappa shape index (κ3) is 3.36. The summed E-state index contributed by atoms with van der Waals surface area (Å²) in [6.07, 6.45) is 8.55. The van der Waals surface area contributed by atoms with Crippen LogP contribution in [0.25, 0.3) is 0 Å². The Kier molecular flexibility index (Phi) is 5.25.